The molecule has 4 nitrogen and oxygen atoms in total. The van der Waals surface area contributed by atoms with E-state index in [0.717, 1.165) is 31.4 Å². The lowest BCUT2D eigenvalue weighted by Crippen LogP contribution is -2.32. The molecule has 0 spiro atoms. The lowest BCUT2D eigenvalue weighted by atomic mass is 9.76. The van der Waals surface area contributed by atoms with Gasteiger partial charge in [-0.2, -0.15) is 5.10 Å². The smallest absolute Gasteiger partial charge is 0.169 e. The van der Waals surface area contributed by atoms with E-state index in [2.05, 4.69) is 5.10 Å². The summed E-state index contributed by atoms with van der Waals surface area (Å²) in [6, 6.07) is 0. The molecule has 1 aromatic heterocycles. The van der Waals surface area contributed by atoms with Crippen molar-refractivity contribution >= 4 is 5.78 Å². The number of nitrogens with two attached hydrogens (primary N) is 1. The normalized spacial score (nSPS) is 24.8. The molecular weight excluding hydrogens is 214 g/mol. The molecule has 0 amide bonds. The topological polar surface area (TPSA) is 60.9 Å². The van der Waals surface area contributed by atoms with Crippen molar-refractivity contribution in [2.75, 3.05) is 6.54 Å². The van der Waals surface area contributed by atoms with E-state index in [1.807, 2.05) is 13.1 Å². The molecule has 1 heterocycles. The van der Waals surface area contributed by atoms with Gasteiger partial charge in [-0.05, 0) is 32.2 Å². The molecule has 1 aromatic rings. The third kappa shape index (κ3) is 2.57. The van der Waals surface area contributed by atoms with Crippen LogP contribution in [-0.4, -0.2) is 22.1 Å². The third-order valence-electron chi connectivity index (χ3n) is 3.79. The number of carbonyl (C=O) groups excluding carboxylic acids is 1. The van der Waals surface area contributed by atoms with Gasteiger partial charge >= 0.3 is 0 Å². The van der Waals surface area contributed by atoms with Gasteiger partial charge in [-0.15, -0.1) is 0 Å². The minimum Gasteiger partial charge on any atom is -0.330 e. The molecule has 1 fully saturated rings. The minimum absolute atomic E-state index is 0.114. The summed E-state index contributed by atoms with van der Waals surface area (Å²) in [4.78, 5) is 12.4. The summed E-state index contributed by atoms with van der Waals surface area (Å²) in [5.74, 6) is 0.712. The summed E-state index contributed by atoms with van der Waals surface area (Å²) in [5, 5.41) is 4.17. The zero-order valence-electron chi connectivity index (χ0n) is 10.4. The fraction of sp³-hybridized carbons (Fsp3) is 0.692. The fourth-order valence-electron chi connectivity index (χ4n) is 2.71. The number of hydrogen-bond donors (Lipinski definition) is 1. The highest BCUT2D eigenvalue weighted by Crippen LogP contribution is 2.31. The van der Waals surface area contributed by atoms with Crippen molar-refractivity contribution in [3.05, 3.63) is 18.0 Å². The first-order valence-corrected chi connectivity index (χ1v) is 6.53. The minimum atomic E-state index is 0.114. The molecule has 0 aromatic carbocycles. The maximum atomic E-state index is 12.4. The Morgan fingerprint density at radius 1 is 1.53 bits per heavy atom. The van der Waals surface area contributed by atoms with Gasteiger partial charge in [-0.3, -0.25) is 9.48 Å². The average molecular weight is 235 g/mol. The van der Waals surface area contributed by atoms with E-state index in [4.69, 9.17) is 5.73 Å². The molecular formula is C13H21N3O. The second-order valence-corrected chi connectivity index (χ2v) is 4.84. The lowest BCUT2D eigenvalue weighted by molar-refractivity contribution is 0.0829. The summed E-state index contributed by atoms with van der Waals surface area (Å²) >= 11 is 0. The highest BCUT2D eigenvalue weighted by molar-refractivity contribution is 5.97. The Kier molecular flexibility index (Phi) is 3.94. The van der Waals surface area contributed by atoms with Gasteiger partial charge in [0, 0.05) is 18.7 Å². The first kappa shape index (κ1) is 12.3. The Hall–Kier alpha value is -1.16. The molecule has 2 rings (SSSR count). The maximum Gasteiger partial charge on any atom is 0.169 e. The van der Waals surface area contributed by atoms with Crippen LogP contribution >= 0.6 is 0 Å². The highest BCUT2D eigenvalue weighted by atomic mass is 16.1. The van der Waals surface area contributed by atoms with Crippen LogP contribution in [0.4, 0.5) is 0 Å². The third-order valence-corrected chi connectivity index (χ3v) is 3.79. The van der Waals surface area contributed by atoms with Crippen LogP contribution in [0.15, 0.2) is 12.4 Å². The van der Waals surface area contributed by atoms with Crippen molar-refractivity contribution in [2.24, 2.45) is 17.6 Å². The van der Waals surface area contributed by atoms with Crippen LogP contribution in [0.3, 0.4) is 0 Å². The van der Waals surface area contributed by atoms with Crippen molar-refractivity contribution in [3.8, 4) is 0 Å². The van der Waals surface area contributed by atoms with Crippen LogP contribution in [0, 0.1) is 11.8 Å². The van der Waals surface area contributed by atoms with E-state index < -0.39 is 0 Å². The van der Waals surface area contributed by atoms with Crippen molar-refractivity contribution in [1.29, 1.82) is 0 Å². The van der Waals surface area contributed by atoms with Crippen molar-refractivity contribution in [1.82, 2.24) is 9.78 Å². The van der Waals surface area contributed by atoms with Gasteiger partial charge < -0.3 is 5.73 Å². The predicted octanol–water partition coefficient (Wildman–Crippen LogP) is 1.85. The van der Waals surface area contributed by atoms with Gasteiger partial charge in [0.15, 0.2) is 5.78 Å². The molecule has 2 unspecified atom stereocenters. The van der Waals surface area contributed by atoms with E-state index in [1.165, 1.54) is 6.42 Å². The van der Waals surface area contributed by atoms with Crippen LogP contribution < -0.4 is 5.73 Å². The first-order chi connectivity index (χ1) is 8.26. The molecule has 0 aliphatic heterocycles. The van der Waals surface area contributed by atoms with Gasteiger partial charge in [0.2, 0.25) is 0 Å². The summed E-state index contributed by atoms with van der Waals surface area (Å²) in [7, 11) is 0. The number of aromatic nitrogens is 2. The van der Waals surface area contributed by atoms with Gasteiger partial charge in [0.05, 0.1) is 11.8 Å². The SMILES string of the molecule is CCn1cc(C(=O)C2CCCCC2CN)cn1. The van der Waals surface area contributed by atoms with Crippen LogP contribution in [0.1, 0.15) is 43.0 Å². The molecule has 0 radical (unpaired) electrons. The first-order valence-electron chi connectivity index (χ1n) is 6.53. The average Bonchev–Trinajstić information content (AvgIpc) is 2.86. The second kappa shape index (κ2) is 5.45. The molecule has 2 atom stereocenters. The number of aryl methyl sites for hydroxylation is 1. The summed E-state index contributed by atoms with van der Waals surface area (Å²) in [6.45, 7) is 3.45. The second-order valence-electron chi connectivity index (χ2n) is 4.84. The summed E-state index contributed by atoms with van der Waals surface area (Å²) in [5.41, 5.74) is 6.52. The van der Waals surface area contributed by atoms with E-state index >= 15 is 0 Å². The van der Waals surface area contributed by atoms with Crippen molar-refractivity contribution < 1.29 is 4.79 Å². The van der Waals surface area contributed by atoms with Crippen LogP contribution in [0.2, 0.25) is 0 Å². The fourth-order valence-corrected chi connectivity index (χ4v) is 2.71. The van der Waals surface area contributed by atoms with Gasteiger partial charge in [0.25, 0.3) is 0 Å². The number of Topliss-reactive ketones (excluding diaryl/α,β-unsaturated/α-hetero) is 1. The lowest BCUT2D eigenvalue weighted by Gasteiger charge is -2.29. The largest absolute Gasteiger partial charge is 0.330 e. The molecule has 1 aliphatic rings. The Morgan fingerprint density at radius 3 is 2.94 bits per heavy atom. The van der Waals surface area contributed by atoms with Crippen LogP contribution in [-0.2, 0) is 6.54 Å². The maximum absolute atomic E-state index is 12.4. The quantitative estimate of drug-likeness (QED) is 0.810. The summed E-state index contributed by atoms with van der Waals surface area (Å²) in [6.07, 6.45) is 7.97. The van der Waals surface area contributed by atoms with E-state index in [0.29, 0.717) is 12.5 Å². The summed E-state index contributed by atoms with van der Waals surface area (Å²) < 4.78 is 1.80. The van der Waals surface area contributed by atoms with Crippen LogP contribution in [0.25, 0.3) is 0 Å². The molecule has 1 aliphatic carbocycles. The van der Waals surface area contributed by atoms with Crippen molar-refractivity contribution in [3.63, 3.8) is 0 Å². The predicted molar refractivity (Wildman–Crippen MR) is 66.7 cm³/mol. The molecule has 94 valence electrons. The number of carbonyl (C=O) groups is 1. The standard InChI is InChI=1S/C13H21N3O/c1-2-16-9-11(8-15-16)13(17)12-6-4-3-5-10(12)7-14/h8-10,12H,2-7,14H2,1H3. The number of ketones is 1. The van der Waals surface area contributed by atoms with Crippen molar-refractivity contribution in [2.45, 2.75) is 39.2 Å². The molecule has 4 heteroatoms. The number of nitrogens with zero attached hydrogens (tertiary/aromatic N) is 2. The van der Waals surface area contributed by atoms with E-state index in [9.17, 15) is 4.79 Å². The van der Waals surface area contributed by atoms with Gasteiger partial charge in [-0.25, -0.2) is 0 Å². The Bertz CT molecular complexity index is 386. The zero-order chi connectivity index (χ0) is 12.3. The Morgan fingerprint density at radius 2 is 2.29 bits per heavy atom. The van der Waals surface area contributed by atoms with Gasteiger partial charge in [-0.1, -0.05) is 12.8 Å². The highest BCUT2D eigenvalue weighted by Gasteiger charge is 2.30. The molecule has 0 saturated heterocycles. The number of rotatable bonds is 4. The van der Waals surface area contributed by atoms with Gasteiger partial charge in [0.1, 0.15) is 0 Å². The van der Waals surface area contributed by atoms with E-state index in [-0.39, 0.29) is 11.7 Å². The van der Waals surface area contributed by atoms with Crippen LogP contribution in [0.5, 0.6) is 0 Å². The molecule has 0 bridgehead atoms. The number of hydrogen-bond acceptors (Lipinski definition) is 3. The Balaban J connectivity index is 2.12. The van der Waals surface area contributed by atoms with E-state index in [1.54, 1.807) is 10.9 Å². The zero-order valence-corrected chi connectivity index (χ0v) is 10.4. The monoisotopic (exact) mass is 235 g/mol. The Labute approximate surface area is 102 Å². The molecule has 2 N–H and O–H groups in total. The molecule has 17 heavy (non-hydrogen) atoms. The molecule has 1 saturated carbocycles.